The molecule has 1 saturated carbocycles. The third-order valence-electron chi connectivity index (χ3n) is 2.39. The summed E-state index contributed by atoms with van der Waals surface area (Å²) in [5, 5.41) is 0. The first-order valence-corrected chi connectivity index (χ1v) is 6.00. The number of hydrogen-bond acceptors (Lipinski definition) is 3. The first-order valence-electron chi connectivity index (χ1n) is 4.51. The van der Waals surface area contributed by atoms with E-state index in [2.05, 4.69) is 9.44 Å². The maximum atomic E-state index is 11.1. The van der Waals surface area contributed by atoms with Gasteiger partial charge in [0.1, 0.15) is 0 Å². The molecule has 1 aliphatic carbocycles. The van der Waals surface area contributed by atoms with E-state index in [4.69, 9.17) is 5.73 Å². The van der Waals surface area contributed by atoms with Crippen molar-refractivity contribution in [1.82, 2.24) is 9.44 Å². The lowest BCUT2D eigenvalue weighted by Crippen LogP contribution is -2.51. The Labute approximate surface area is 79.3 Å². The molecule has 4 N–H and O–H groups in total. The number of rotatable bonds is 3. The minimum Gasteiger partial charge on any atom is -0.326 e. The van der Waals surface area contributed by atoms with E-state index in [1.54, 1.807) is 0 Å². The maximum absolute atomic E-state index is 11.1. The standard InChI is InChI=1S/C7H17N3O2S/c1-9-13(11,12)10-7-5-3-2-4-6(7)8/h6-7,9-10H,2-5,8H2,1H3/t6-,7-/m1/s1. The van der Waals surface area contributed by atoms with E-state index < -0.39 is 10.2 Å². The van der Waals surface area contributed by atoms with E-state index in [9.17, 15) is 8.42 Å². The zero-order valence-electron chi connectivity index (χ0n) is 7.79. The molecule has 0 bridgehead atoms. The molecule has 0 saturated heterocycles. The first-order chi connectivity index (χ1) is 6.05. The quantitative estimate of drug-likeness (QED) is 0.572. The highest BCUT2D eigenvalue weighted by atomic mass is 32.2. The normalized spacial score (nSPS) is 30.3. The van der Waals surface area contributed by atoms with Crippen LogP contribution in [0.1, 0.15) is 25.7 Å². The smallest absolute Gasteiger partial charge is 0.276 e. The molecule has 0 heterocycles. The van der Waals surface area contributed by atoms with Crippen LogP contribution in [0.3, 0.4) is 0 Å². The zero-order valence-corrected chi connectivity index (χ0v) is 8.60. The summed E-state index contributed by atoms with van der Waals surface area (Å²) in [7, 11) is -1.95. The predicted octanol–water partition coefficient (Wildman–Crippen LogP) is -0.690. The minimum absolute atomic E-state index is 0.0446. The molecule has 78 valence electrons. The van der Waals surface area contributed by atoms with Gasteiger partial charge in [-0.1, -0.05) is 12.8 Å². The second-order valence-electron chi connectivity index (χ2n) is 3.38. The molecule has 13 heavy (non-hydrogen) atoms. The van der Waals surface area contributed by atoms with Gasteiger partial charge in [0.15, 0.2) is 0 Å². The number of nitrogens with two attached hydrogens (primary N) is 1. The van der Waals surface area contributed by atoms with Gasteiger partial charge in [-0.3, -0.25) is 0 Å². The van der Waals surface area contributed by atoms with Crippen molar-refractivity contribution >= 4 is 10.2 Å². The molecule has 0 spiro atoms. The summed E-state index contributed by atoms with van der Waals surface area (Å²) in [4.78, 5) is 0. The van der Waals surface area contributed by atoms with Gasteiger partial charge in [0.05, 0.1) is 0 Å². The third kappa shape index (κ3) is 3.22. The van der Waals surface area contributed by atoms with Crippen LogP contribution in [-0.2, 0) is 10.2 Å². The van der Waals surface area contributed by atoms with Crippen molar-refractivity contribution in [1.29, 1.82) is 0 Å². The minimum atomic E-state index is -3.33. The molecule has 0 aromatic rings. The largest absolute Gasteiger partial charge is 0.326 e. The molecule has 0 amide bonds. The van der Waals surface area contributed by atoms with Crippen LogP contribution in [-0.4, -0.2) is 27.5 Å². The second kappa shape index (κ2) is 4.36. The Morgan fingerprint density at radius 3 is 2.46 bits per heavy atom. The highest BCUT2D eigenvalue weighted by Gasteiger charge is 2.25. The predicted molar refractivity (Wildman–Crippen MR) is 51.3 cm³/mol. The molecule has 0 radical (unpaired) electrons. The average molecular weight is 207 g/mol. The third-order valence-corrected chi connectivity index (χ3v) is 3.55. The highest BCUT2D eigenvalue weighted by Crippen LogP contribution is 2.17. The fourth-order valence-electron chi connectivity index (χ4n) is 1.56. The summed E-state index contributed by atoms with van der Waals surface area (Å²) >= 11 is 0. The molecule has 6 heteroatoms. The SMILES string of the molecule is CNS(=O)(=O)N[C@@H]1CCCC[C@H]1N. The summed E-state index contributed by atoms with van der Waals surface area (Å²) in [6, 6.07) is -0.150. The van der Waals surface area contributed by atoms with E-state index in [1.807, 2.05) is 0 Å². The van der Waals surface area contributed by atoms with Crippen molar-refractivity contribution in [3.63, 3.8) is 0 Å². The Morgan fingerprint density at radius 2 is 1.92 bits per heavy atom. The Bertz CT molecular complexity index is 252. The van der Waals surface area contributed by atoms with Gasteiger partial charge in [-0.2, -0.15) is 13.1 Å². The highest BCUT2D eigenvalue weighted by molar-refractivity contribution is 7.87. The van der Waals surface area contributed by atoms with Crippen molar-refractivity contribution in [2.24, 2.45) is 5.73 Å². The molecule has 1 aliphatic rings. The summed E-state index contributed by atoms with van der Waals surface area (Å²) in [6.45, 7) is 0. The Balaban J connectivity index is 2.52. The van der Waals surface area contributed by atoms with Gasteiger partial charge in [-0.15, -0.1) is 0 Å². The molecular weight excluding hydrogens is 190 g/mol. The molecule has 0 aliphatic heterocycles. The van der Waals surface area contributed by atoms with E-state index in [-0.39, 0.29) is 12.1 Å². The van der Waals surface area contributed by atoms with Crippen molar-refractivity contribution in [2.45, 2.75) is 37.8 Å². The molecule has 1 fully saturated rings. The molecule has 5 nitrogen and oxygen atoms in total. The van der Waals surface area contributed by atoms with Crippen LogP contribution < -0.4 is 15.2 Å². The van der Waals surface area contributed by atoms with Gasteiger partial charge in [-0.25, -0.2) is 4.72 Å². The number of nitrogens with one attached hydrogen (secondary N) is 2. The van der Waals surface area contributed by atoms with Crippen molar-refractivity contribution in [3.05, 3.63) is 0 Å². The van der Waals surface area contributed by atoms with Crippen LogP contribution in [0, 0.1) is 0 Å². The lowest BCUT2D eigenvalue weighted by molar-refractivity contribution is 0.360. The van der Waals surface area contributed by atoms with E-state index in [1.165, 1.54) is 7.05 Å². The van der Waals surface area contributed by atoms with Gasteiger partial charge >= 0.3 is 0 Å². The molecule has 0 aromatic carbocycles. The van der Waals surface area contributed by atoms with Gasteiger partial charge in [-0.05, 0) is 12.8 Å². The Kier molecular flexibility index (Phi) is 3.66. The van der Waals surface area contributed by atoms with Crippen molar-refractivity contribution in [3.8, 4) is 0 Å². The molecule has 0 unspecified atom stereocenters. The number of hydrogen-bond donors (Lipinski definition) is 3. The first kappa shape index (κ1) is 10.9. The van der Waals surface area contributed by atoms with Gasteiger partial charge < -0.3 is 5.73 Å². The fourth-order valence-corrected chi connectivity index (χ4v) is 2.37. The molecule has 2 atom stereocenters. The molecule has 0 aromatic heterocycles. The summed E-state index contributed by atoms with van der Waals surface area (Å²) < 4.78 is 27.0. The Hall–Kier alpha value is -0.170. The van der Waals surface area contributed by atoms with Crippen LogP contribution in [0.25, 0.3) is 0 Å². The maximum Gasteiger partial charge on any atom is 0.276 e. The van der Waals surface area contributed by atoms with E-state index >= 15 is 0 Å². The summed E-state index contributed by atoms with van der Waals surface area (Å²) in [6.07, 6.45) is 3.88. The van der Waals surface area contributed by atoms with Gasteiger partial charge in [0.25, 0.3) is 10.2 Å². The van der Waals surface area contributed by atoms with Crippen molar-refractivity contribution < 1.29 is 8.42 Å². The van der Waals surface area contributed by atoms with Crippen LogP contribution in [0.15, 0.2) is 0 Å². The molecule has 1 rings (SSSR count). The molecular formula is C7H17N3O2S. The lowest BCUT2D eigenvalue weighted by atomic mass is 9.92. The van der Waals surface area contributed by atoms with Crippen LogP contribution in [0.2, 0.25) is 0 Å². The van der Waals surface area contributed by atoms with Crippen LogP contribution in [0.4, 0.5) is 0 Å². The Morgan fingerprint density at radius 1 is 1.31 bits per heavy atom. The topological polar surface area (TPSA) is 84.2 Å². The second-order valence-corrected chi connectivity index (χ2v) is 5.03. The van der Waals surface area contributed by atoms with Gasteiger partial charge in [0, 0.05) is 19.1 Å². The average Bonchev–Trinajstić information content (AvgIpc) is 2.09. The summed E-state index contributed by atoms with van der Waals surface area (Å²) in [5.74, 6) is 0. The van der Waals surface area contributed by atoms with Gasteiger partial charge in [0.2, 0.25) is 0 Å². The van der Waals surface area contributed by atoms with E-state index in [0.717, 1.165) is 25.7 Å². The summed E-state index contributed by atoms with van der Waals surface area (Å²) in [5.41, 5.74) is 5.79. The lowest BCUT2D eigenvalue weighted by Gasteiger charge is -2.28. The van der Waals surface area contributed by atoms with Crippen LogP contribution >= 0.6 is 0 Å². The zero-order chi connectivity index (χ0) is 9.90. The van der Waals surface area contributed by atoms with Crippen molar-refractivity contribution in [2.75, 3.05) is 7.05 Å². The van der Waals surface area contributed by atoms with Crippen LogP contribution in [0.5, 0.6) is 0 Å². The van der Waals surface area contributed by atoms with E-state index in [0.29, 0.717) is 0 Å². The monoisotopic (exact) mass is 207 g/mol. The fraction of sp³-hybridized carbons (Fsp3) is 1.00.